The summed E-state index contributed by atoms with van der Waals surface area (Å²) in [5, 5.41) is 34.8. The van der Waals surface area contributed by atoms with Gasteiger partial charge in [-0.05, 0) is 54.1 Å². The fourth-order valence-corrected chi connectivity index (χ4v) is 3.00. The number of nitrogens with one attached hydrogen (secondary N) is 1. The van der Waals surface area contributed by atoms with E-state index < -0.39 is 27.1 Å². The molecule has 0 aliphatic heterocycles. The van der Waals surface area contributed by atoms with Gasteiger partial charge in [-0.1, -0.05) is 17.7 Å². The molecule has 3 aromatic rings. The molecule has 0 aromatic heterocycles. The Bertz CT molecular complexity index is 1380. The summed E-state index contributed by atoms with van der Waals surface area (Å²) in [6, 6.07) is 15.5. The zero-order valence-corrected chi connectivity index (χ0v) is 18.7. The van der Waals surface area contributed by atoms with Gasteiger partial charge in [0.15, 0.2) is 11.5 Å². The van der Waals surface area contributed by atoms with E-state index in [1.54, 1.807) is 24.3 Å². The van der Waals surface area contributed by atoms with Crippen molar-refractivity contribution in [2.45, 2.75) is 0 Å². The lowest BCUT2D eigenvalue weighted by atomic mass is 10.1. The standard InChI is InChI=1S/C23H15ClN4O7/c1-34-22-11-14(10-15(13-25)23(29)26-17-5-3-16(24)4-6-17)2-8-21(22)35-20-9-7-18(27(30)31)12-19(20)28(32)33/h2-12H,1H3,(H,26,29)/b15-10-. The number of halogens is 1. The van der Waals surface area contributed by atoms with Crippen LogP contribution in [0.4, 0.5) is 17.1 Å². The molecule has 0 aliphatic carbocycles. The van der Waals surface area contributed by atoms with Gasteiger partial charge in [0.1, 0.15) is 11.6 Å². The number of nitrogens with zero attached hydrogens (tertiary/aromatic N) is 3. The second-order valence-corrected chi connectivity index (χ2v) is 7.25. The molecule has 3 aromatic carbocycles. The van der Waals surface area contributed by atoms with Gasteiger partial charge in [0.25, 0.3) is 11.6 Å². The molecule has 0 saturated carbocycles. The van der Waals surface area contributed by atoms with Gasteiger partial charge in [0.2, 0.25) is 5.75 Å². The molecule has 35 heavy (non-hydrogen) atoms. The second-order valence-electron chi connectivity index (χ2n) is 6.81. The number of amides is 1. The van der Waals surface area contributed by atoms with Crippen LogP contribution in [-0.2, 0) is 4.79 Å². The van der Waals surface area contributed by atoms with Crippen molar-refractivity contribution < 1.29 is 24.1 Å². The monoisotopic (exact) mass is 494 g/mol. The number of nitro groups is 2. The van der Waals surface area contributed by atoms with Crippen molar-refractivity contribution in [3.8, 4) is 23.3 Å². The molecule has 0 radical (unpaired) electrons. The van der Waals surface area contributed by atoms with Gasteiger partial charge in [-0.25, -0.2) is 0 Å². The average Bonchev–Trinajstić information content (AvgIpc) is 2.84. The van der Waals surface area contributed by atoms with Crippen molar-refractivity contribution in [2.24, 2.45) is 0 Å². The highest BCUT2D eigenvalue weighted by atomic mass is 35.5. The topological polar surface area (TPSA) is 158 Å². The minimum Gasteiger partial charge on any atom is -0.493 e. The van der Waals surface area contributed by atoms with Gasteiger partial charge >= 0.3 is 5.69 Å². The molecule has 1 amide bonds. The van der Waals surface area contributed by atoms with Crippen LogP contribution in [0.25, 0.3) is 6.08 Å². The van der Waals surface area contributed by atoms with E-state index in [1.165, 1.54) is 31.4 Å². The number of carbonyl (C=O) groups is 1. The predicted octanol–water partition coefficient (Wildman–Crippen LogP) is 5.50. The van der Waals surface area contributed by atoms with Crippen LogP contribution in [0.2, 0.25) is 5.02 Å². The first-order chi connectivity index (χ1) is 16.7. The first kappa shape index (κ1) is 24.7. The first-order valence-corrected chi connectivity index (χ1v) is 10.1. The summed E-state index contributed by atoms with van der Waals surface area (Å²) >= 11 is 5.82. The summed E-state index contributed by atoms with van der Waals surface area (Å²) in [6.07, 6.45) is 1.33. The number of anilines is 1. The molecule has 11 nitrogen and oxygen atoms in total. The number of hydrogen-bond acceptors (Lipinski definition) is 8. The third-order valence-electron chi connectivity index (χ3n) is 4.54. The molecule has 0 aliphatic rings. The molecule has 12 heteroatoms. The highest BCUT2D eigenvalue weighted by molar-refractivity contribution is 6.30. The molecule has 0 unspecified atom stereocenters. The predicted molar refractivity (Wildman–Crippen MR) is 126 cm³/mol. The van der Waals surface area contributed by atoms with E-state index in [1.807, 2.05) is 6.07 Å². The van der Waals surface area contributed by atoms with E-state index in [2.05, 4.69) is 5.32 Å². The summed E-state index contributed by atoms with van der Waals surface area (Å²) in [5.41, 5.74) is -0.392. The van der Waals surface area contributed by atoms with E-state index in [-0.39, 0.29) is 22.8 Å². The fraction of sp³-hybridized carbons (Fsp3) is 0.0435. The van der Waals surface area contributed by atoms with E-state index in [0.29, 0.717) is 16.3 Å². The van der Waals surface area contributed by atoms with Crippen molar-refractivity contribution in [3.63, 3.8) is 0 Å². The molecule has 0 fully saturated rings. The number of methoxy groups -OCH3 is 1. The summed E-state index contributed by atoms with van der Waals surface area (Å²) in [6.45, 7) is 0. The number of nitriles is 1. The Balaban J connectivity index is 1.87. The molecular weight excluding hydrogens is 480 g/mol. The van der Waals surface area contributed by atoms with Gasteiger partial charge < -0.3 is 14.8 Å². The summed E-state index contributed by atoms with van der Waals surface area (Å²) in [7, 11) is 1.33. The fourth-order valence-electron chi connectivity index (χ4n) is 2.87. The van der Waals surface area contributed by atoms with Crippen LogP contribution in [0.3, 0.4) is 0 Å². The first-order valence-electron chi connectivity index (χ1n) is 9.69. The van der Waals surface area contributed by atoms with Gasteiger partial charge in [-0.3, -0.25) is 25.0 Å². The number of carbonyl (C=O) groups excluding carboxylic acids is 1. The summed E-state index contributed by atoms with van der Waals surface area (Å²) in [4.78, 5) is 33.2. The summed E-state index contributed by atoms with van der Waals surface area (Å²) < 4.78 is 10.9. The molecular formula is C23H15ClN4O7. The molecule has 0 bridgehead atoms. The normalized spacial score (nSPS) is 10.7. The van der Waals surface area contributed by atoms with Gasteiger partial charge in [0, 0.05) is 16.8 Å². The summed E-state index contributed by atoms with van der Waals surface area (Å²) in [5.74, 6) is -0.662. The van der Waals surface area contributed by atoms with E-state index in [4.69, 9.17) is 21.1 Å². The average molecular weight is 495 g/mol. The Morgan fingerprint density at radius 2 is 1.69 bits per heavy atom. The molecule has 0 heterocycles. The minimum atomic E-state index is -0.801. The van der Waals surface area contributed by atoms with E-state index >= 15 is 0 Å². The SMILES string of the molecule is COc1cc(/C=C(/C#N)C(=O)Nc2ccc(Cl)cc2)ccc1Oc1ccc([N+](=O)[O-])cc1[N+](=O)[O-]. The lowest BCUT2D eigenvalue weighted by Crippen LogP contribution is -2.13. The third-order valence-corrected chi connectivity index (χ3v) is 4.79. The Hall–Kier alpha value is -4.95. The van der Waals surface area contributed by atoms with Crippen molar-refractivity contribution in [3.05, 3.63) is 97.1 Å². The smallest absolute Gasteiger partial charge is 0.318 e. The minimum absolute atomic E-state index is 0.0747. The molecule has 0 spiro atoms. The van der Waals surface area contributed by atoms with Crippen LogP contribution in [0.5, 0.6) is 17.2 Å². The molecule has 176 valence electrons. The van der Waals surface area contributed by atoms with Crippen LogP contribution in [0, 0.1) is 31.6 Å². The number of non-ortho nitro benzene ring substituents is 1. The van der Waals surface area contributed by atoms with E-state index in [0.717, 1.165) is 18.2 Å². The second kappa shape index (κ2) is 10.8. The Morgan fingerprint density at radius 1 is 1.00 bits per heavy atom. The maximum Gasteiger partial charge on any atom is 0.318 e. The molecule has 3 rings (SSSR count). The van der Waals surface area contributed by atoms with Crippen LogP contribution >= 0.6 is 11.6 Å². The van der Waals surface area contributed by atoms with Crippen molar-refractivity contribution in [1.82, 2.24) is 0 Å². The number of ether oxygens (including phenoxy) is 2. The quantitative estimate of drug-likeness (QED) is 0.186. The zero-order valence-electron chi connectivity index (χ0n) is 17.9. The van der Waals surface area contributed by atoms with Gasteiger partial charge in [-0.15, -0.1) is 0 Å². The van der Waals surface area contributed by atoms with Gasteiger partial charge in [0.05, 0.1) is 23.0 Å². The number of benzene rings is 3. The molecule has 1 N–H and O–H groups in total. The van der Waals surface area contributed by atoms with Crippen LogP contribution in [-0.4, -0.2) is 22.9 Å². The van der Waals surface area contributed by atoms with Crippen molar-refractivity contribution in [2.75, 3.05) is 12.4 Å². The van der Waals surface area contributed by atoms with Crippen LogP contribution < -0.4 is 14.8 Å². The maximum atomic E-state index is 12.5. The van der Waals surface area contributed by atoms with Crippen LogP contribution in [0.1, 0.15) is 5.56 Å². The number of rotatable bonds is 8. The Labute approximate surface area is 203 Å². The molecule has 0 atom stereocenters. The van der Waals surface area contributed by atoms with Crippen molar-refractivity contribution in [1.29, 1.82) is 5.26 Å². The van der Waals surface area contributed by atoms with Crippen LogP contribution in [0.15, 0.2) is 66.2 Å². The lowest BCUT2D eigenvalue weighted by Gasteiger charge is -2.11. The highest BCUT2D eigenvalue weighted by Crippen LogP contribution is 2.38. The number of hydrogen-bond donors (Lipinski definition) is 1. The lowest BCUT2D eigenvalue weighted by molar-refractivity contribution is -0.394. The zero-order chi connectivity index (χ0) is 25.5. The maximum absolute atomic E-state index is 12.5. The highest BCUT2D eigenvalue weighted by Gasteiger charge is 2.22. The van der Waals surface area contributed by atoms with Gasteiger partial charge in [-0.2, -0.15) is 5.26 Å². The Kier molecular flexibility index (Phi) is 7.60. The largest absolute Gasteiger partial charge is 0.493 e. The number of nitro benzene ring substituents is 2. The molecule has 0 saturated heterocycles. The Morgan fingerprint density at radius 3 is 2.29 bits per heavy atom. The third kappa shape index (κ3) is 6.10. The van der Waals surface area contributed by atoms with E-state index in [9.17, 15) is 30.3 Å². The van der Waals surface area contributed by atoms with Crippen molar-refractivity contribution >= 4 is 40.6 Å².